The van der Waals surface area contributed by atoms with Crippen LogP contribution in [0.3, 0.4) is 0 Å². The second kappa shape index (κ2) is 10.3. The number of hydrogen-bond acceptors (Lipinski definition) is 4. The van der Waals surface area contributed by atoms with Crippen molar-refractivity contribution in [1.29, 1.82) is 0 Å². The highest BCUT2D eigenvalue weighted by Crippen LogP contribution is 2.37. The van der Waals surface area contributed by atoms with Gasteiger partial charge in [-0.2, -0.15) is 0 Å². The summed E-state index contributed by atoms with van der Waals surface area (Å²) in [5.41, 5.74) is 5.41. The Balaban J connectivity index is 1.95. The third-order valence-corrected chi connectivity index (χ3v) is 5.30. The number of ether oxygens (including phenoxy) is 2. The fraction of sp³-hybridized carbons (Fsp3) is 0.346. The van der Waals surface area contributed by atoms with E-state index in [2.05, 4.69) is 43.3 Å². The van der Waals surface area contributed by atoms with E-state index in [9.17, 15) is 4.79 Å². The molecule has 0 fully saturated rings. The molecule has 0 unspecified atom stereocenters. The minimum absolute atomic E-state index is 0.278. The minimum Gasteiger partial charge on any atom is -0.497 e. The van der Waals surface area contributed by atoms with Crippen LogP contribution in [0.25, 0.3) is 11.6 Å². The van der Waals surface area contributed by atoms with Gasteiger partial charge in [-0.1, -0.05) is 36.4 Å². The second-order valence-corrected chi connectivity index (χ2v) is 7.89. The average Bonchev–Trinajstić information content (AvgIpc) is 2.75. The normalized spacial score (nSPS) is 17.7. The highest BCUT2D eigenvalue weighted by Gasteiger charge is 2.22. The highest BCUT2D eigenvalue weighted by atomic mass is 16.5. The molecular formula is C26H31NO3. The molecule has 0 spiro atoms. The maximum absolute atomic E-state index is 12.1. The molecule has 0 amide bonds. The van der Waals surface area contributed by atoms with Gasteiger partial charge in [-0.15, -0.1) is 0 Å². The summed E-state index contributed by atoms with van der Waals surface area (Å²) in [6.45, 7) is 3.21. The summed E-state index contributed by atoms with van der Waals surface area (Å²) in [6.07, 6.45) is 6.58. The van der Waals surface area contributed by atoms with Crippen LogP contribution in [-0.4, -0.2) is 45.2 Å². The molecule has 30 heavy (non-hydrogen) atoms. The maximum atomic E-state index is 12.1. The van der Waals surface area contributed by atoms with E-state index in [1.807, 2.05) is 37.3 Å². The smallest absolute Gasteiger partial charge is 0.338 e. The SMILES string of the molecule is CCOC(=O)c1cccc(/C=C2/C=C(c3cccc(OC)c3)[C@@H](CN(C)C)CC2)c1. The molecule has 1 aliphatic rings. The van der Waals surface area contributed by atoms with Gasteiger partial charge in [0.25, 0.3) is 0 Å². The summed E-state index contributed by atoms with van der Waals surface area (Å²) in [5.74, 6) is 1.06. The zero-order valence-corrected chi connectivity index (χ0v) is 18.4. The van der Waals surface area contributed by atoms with Crippen molar-refractivity contribution in [2.45, 2.75) is 19.8 Å². The molecule has 1 aliphatic carbocycles. The van der Waals surface area contributed by atoms with Crippen LogP contribution in [0, 0.1) is 5.92 Å². The van der Waals surface area contributed by atoms with Gasteiger partial charge in [0.1, 0.15) is 5.75 Å². The molecule has 0 heterocycles. The van der Waals surface area contributed by atoms with E-state index < -0.39 is 0 Å². The first-order valence-electron chi connectivity index (χ1n) is 10.5. The van der Waals surface area contributed by atoms with Crippen LogP contribution >= 0.6 is 0 Å². The van der Waals surface area contributed by atoms with Crippen molar-refractivity contribution < 1.29 is 14.3 Å². The van der Waals surface area contributed by atoms with Gasteiger partial charge in [0.15, 0.2) is 0 Å². The summed E-state index contributed by atoms with van der Waals surface area (Å²) in [4.78, 5) is 14.3. The Bertz CT molecular complexity index is 943. The highest BCUT2D eigenvalue weighted by molar-refractivity contribution is 5.90. The molecular weight excluding hydrogens is 374 g/mol. The van der Waals surface area contributed by atoms with Crippen molar-refractivity contribution >= 4 is 17.6 Å². The lowest BCUT2D eigenvalue weighted by molar-refractivity contribution is 0.0526. The molecule has 4 nitrogen and oxygen atoms in total. The number of nitrogens with zero attached hydrogens (tertiary/aromatic N) is 1. The number of methoxy groups -OCH3 is 1. The lowest BCUT2D eigenvalue weighted by Crippen LogP contribution is -2.24. The van der Waals surface area contributed by atoms with Crippen molar-refractivity contribution in [1.82, 2.24) is 4.90 Å². The molecule has 0 aromatic heterocycles. The summed E-state index contributed by atoms with van der Waals surface area (Å²) < 4.78 is 10.6. The molecule has 1 atom stereocenters. The first-order valence-corrected chi connectivity index (χ1v) is 10.5. The number of esters is 1. The Morgan fingerprint density at radius 3 is 2.70 bits per heavy atom. The zero-order valence-electron chi connectivity index (χ0n) is 18.4. The summed E-state index contributed by atoms with van der Waals surface area (Å²) in [7, 11) is 5.94. The molecule has 0 saturated carbocycles. The third kappa shape index (κ3) is 5.61. The minimum atomic E-state index is -0.278. The van der Waals surface area contributed by atoms with Crippen molar-refractivity contribution in [3.63, 3.8) is 0 Å². The van der Waals surface area contributed by atoms with Crippen LogP contribution in [0.15, 0.2) is 60.2 Å². The van der Waals surface area contributed by atoms with E-state index in [4.69, 9.17) is 9.47 Å². The summed E-state index contributed by atoms with van der Waals surface area (Å²) in [6, 6.07) is 15.9. The number of benzene rings is 2. The van der Waals surface area contributed by atoms with Crippen LogP contribution in [-0.2, 0) is 4.74 Å². The van der Waals surface area contributed by atoms with Crippen LogP contribution in [0.2, 0.25) is 0 Å². The largest absolute Gasteiger partial charge is 0.497 e. The van der Waals surface area contributed by atoms with Crippen molar-refractivity contribution in [3.05, 3.63) is 76.9 Å². The predicted molar refractivity (Wildman–Crippen MR) is 123 cm³/mol. The van der Waals surface area contributed by atoms with E-state index in [0.717, 1.165) is 30.7 Å². The Kier molecular flexibility index (Phi) is 7.47. The predicted octanol–water partition coefficient (Wildman–Crippen LogP) is 5.31. The molecule has 2 aromatic carbocycles. The van der Waals surface area contributed by atoms with E-state index in [-0.39, 0.29) is 5.97 Å². The molecule has 0 saturated heterocycles. The third-order valence-electron chi connectivity index (χ3n) is 5.30. The van der Waals surface area contributed by atoms with Gasteiger partial charge in [0.2, 0.25) is 0 Å². The number of rotatable bonds is 7. The standard InChI is InChI=1S/C26H31NO3/c1-5-30-26(28)22-10-6-8-19(15-22)14-20-12-13-23(18-27(2)3)25(16-20)21-9-7-11-24(17-21)29-4/h6-11,14-17,23H,5,12-13,18H2,1-4H3/b20-14+/t23-/m1/s1. The molecule has 3 rings (SSSR count). The molecule has 0 radical (unpaired) electrons. The van der Waals surface area contributed by atoms with Gasteiger partial charge in [-0.25, -0.2) is 4.79 Å². The number of allylic oxidation sites excluding steroid dienone is 2. The number of carbonyl (C=O) groups is 1. The number of carbonyl (C=O) groups excluding carboxylic acids is 1. The topological polar surface area (TPSA) is 38.8 Å². The quantitative estimate of drug-likeness (QED) is 0.585. The Labute approximate surface area is 179 Å². The lowest BCUT2D eigenvalue weighted by atomic mass is 9.81. The Hall–Kier alpha value is -2.85. The van der Waals surface area contributed by atoms with E-state index in [1.165, 1.54) is 16.7 Å². The van der Waals surface area contributed by atoms with Crippen molar-refractivity contribution in [2.24, 2.45) is 5.92 Å². The van der Waals surface area contributed by atoms with Gasteiger partial charge in [0, 0.05) is 6.54 Å². The van der Waals surface area contributed by atoms with Crippen molar-refractivity contribution in [3.8, 4) is 5.75 Å². The molecule has 158 valence electrons. The zero-order chi connectivity index (χ0) is 21.5. The van der Waals surface area contributed by atoms with E-state index in [0.29, 0.717) is 18.1 Å². The van der Waals surface area contributed by atoms with Gasteiger partial charge in [-0.05, 0) is 86.3 Å². The first-order chi connectivity index (χ1) is 14.5. The summed E-state index contributed by atoms with van der Waals surface area (Å²) in [5, 5.41) is 0. The first kappa shape index (κ1) is 21.8. The van der Waals surface area contributed by atoms with Crippen LogP contribution in [0.1, 0.15) is 41.3 Å². The summed E-state index contributed by atoms with van der Waals surface area (Å²) >= 11 is 0. The average molecular weight is 406 g/mol. The van der Waals surface area contributed by atoms with Crippen molar-refractivity contribution in [2.75, 3.05) is 34.4 Å². The molecule has 2 aromatic rings. The van der Waals surface area contributed by atoms with Gasteiger partial charge < -0.3 is 14.4 Å². The van der Waals surface area contributed by atoms with Crippen LogP contribution in [0.4, 0.5) is 0 Å². The maximum Gasteiger partial charge on any atom is 0.338 e. The fourth-order valence-electron chi connectivity index (χ4n) is 3.94. The Morgan fingerprint density at radius 2 is 1.97 bits per heavy atom. The van der Waals surface area contributed by atoms with Gasteiger partial charge in [0.05, 0.1) is 19.3 Å². The Morgan fingerprint density at radius 1 is 1.17 bits per heavy atom. The van der Waals surface area contributed by atoms with E-state index >= 15 is 0 Å². The molecule has 0 N–H and O–H groups in total. The van der Waals surface area contributed by atoms with Gasteiger partial charge in [-0.3, -0.25) is 0 Å². The fourth-order valence-corrected chi connectivity index (χ4v) is 3.94. The lowest BCUT2D eigenvalue weighted by Gasteiger charge is -2.28. The molecule has 0 aliphatic heterocycles. The van der Waals surface area contributed by atoms with Crippen LogP contribution < -0.4 is 4.74 Å². The molecule has 0 bridgehead atoms. The van der Waals surface area contributed by atoms with Gasteiger partial charge >= 0.3 is 5.97 Å². The monoisotopic (exact) mass is 405 g/mol. The molecule has 4 heteroatoms. The van der Waals surface area contributed by atoms with Crippen LogP contribution in [0.5, 0.6) is 5.75 Å². The van der Waals surface area contributed by atoms with E-state index in [1.54, 1.807) is 13.2 Å². The second-order valence-electron chi connectivity index (χ2n) is 7.89. The number of hydrogen-bond donors (Lipinski definition) is 0.